The molecule has 0 aliphatic heterocycles. The van der Waals surface area contributed by atoms with Gasteiger partial charge in [-0.25, -0.2) is 0 Å². The highest BCUT2D eigenvalue weighted by Crippen LogP contribution is 2.04. The van der Waals surface area contributed by atoms with Gasteiger partial charge in [-0.15, -0.1) is 0 Å². The van der Waals surface area contributed by atoms with Crippen LogP contribution < -0.4 is 0 Å². The summed E-state index contributed by atoms with van der Waals surface area (Å²) in [6, 6.07) is 3.94. The largest absolute Gasteiger partial charge is 0.354 e. The van der Waals surface area contributed by atoms with E-state index >= 15 is 0 Å². The molecule has 0 saturated heterocycles. The van der Waals surface area contributed by atoms with Crippen molar-refractivity contribution in [3.05, 3.63) is 24.0 Å². The monoisotopic (exact) mass is 171 g/mol. The Kier molecular flexibility index (Phi) is 2.71. The first-order valence-corrected chi connectivity index (χ1v) is 3.86. The molecular weight excluding hydrogens is 162 g/mol. The van der Waals surface area contributed by atoms with Crippen LogP contribution >= 0.6 is 11.6 Å². The normalized spacial score (nSPS) is 10.0. The molecule has 0 spiro atoms. The topological polar surface area (TPSA) is 22.0 Å². The zero-order valence-corrected chi connectivity index (χ0v) is 7.14. The fourth-order valence-corrected chi connectivity index (χ4v) is 1.08. The molecule has 0 bridgehead atoms. The summed E-state index contributed by atoms with van der Waals surface area (Å²) in [6.45, 7) is 0. The van der Waals surface area contributed by atoms with Gasteiger partial charge in [0.2, 0.25) is 5.24 Å². The molecule has 0 aliphatic rings. The molecule has 1 aromatic rings. The van der Waals surface area contributed by atoms with Gasteiger partial charge < -0.3 is 4.57 Å². The van der Waals surface area contributed by atoms with Crippen LogP contribution in [0.3, 0.4) is 0 Å². The lowest BCUT2D eigenvalue weighted by molar-refractivity contribution is -0.111. The average molecular weight is 172 g/mol. The molecule has 1 aromatic heterocycles. The summed E-state index contributed by atoms with van der Waals surface area (Å²) in [7, 11) is 1.95. The summed E-state index contributed by atoms with van der Waals surface area (Å²) in [6.07, 6.45) is 3.10. The van der Waals surface area contributed by atoms with Gasteiger partial charge in [-0.05, 0) is 30.2 Å². The van der Waals surface area contributed by atoms with Crippen LogP contribution in [0.4, 0.5) is 0 Å². The Hall–Kier alpha value is -0.760. The van der Waals surface area contributed by atoms with E-state index < -0.39 is 0 Å². The van der Waals surface area contributed by atoms with Crippen LogP contribution in [0, 0.1) is 0 Å². The van der Waals surface area contributed by atoms with Crippen LogP contribution in [0.1, 0.15) is 12.1 Å². The standard InChI is InChI=1S/C8H10ClNO/c1-10-6-2-3-7(10)4-5-8(9)11/h2-3,6H,4-5H2,1H3. The molecule has 0 radical (unpaired) electrons. The van der Waals surface area contributed by atoms with E-state index in [0.29, 0.717) is 6.42 Å². The van der Waals surface area contributed by atoms with Crippen LogP contribution in [-0.2, 0) is 18.3 Å². The first-order valence-electron chi connectivity index (χ1n) is 3.48. The smallest absolute Gasteiger partial charge is 0.222 e. The molecule has 60 valence electrons. The van der Waals surface area contributed by atoms with Crippen molar-refractivity contribution < 1.29 is 4.79 Å². The van der Waals surface area contributed by atoms with Crippen molar-refractivity contribution in [1.82, 2.24) is 4.57 Å². The van der Waals surface area contributed by atoms with E-state index in [9.17, 15) is 4.79 Å². The molecule has 0 fully saturated rings. The van der Waals surface area contributed by atoms with E-state index in [0.717, 1.165) is 12.1 Å². The molecule has 0 aromatic carbocycles. The lowest BCUT2D eigenvalue weighted by atomic mass is 10.2. The minimum absolute atomic E-state index is 0.272. The summed E-state index contributed by atoms with van der Waals surface area (Å²) < 4.78 is 1.99. The second kappa shape index (κ2) is 3.58. The molecule has 0 atom stereocenters. The molecule has 0 N–H and O–H groups in total. The Morgan fingerprint density at radius 1 is 1.73 bits per heavy atom. The van der Waals surface area contributed by atoms with Gasteiger partial charge in [0.05, 0.1) is 0 Å². The SMILES string of the molecule is Cn1cccc1CCC(=O)Cl. The van der Waals surface area contributed by atoms with Gasteiger partial charge in [0.1, 0.15) is 0 Å². The maximum absolute atomic E-state index is 10.4. The first kappa shape index (κ1) is 8.34. The van der Waals surface area contributed by atoms with Crippen molar-refractivity contribution in [3.63, 3.8) is 0 Å². The summed E-state index contributed by atoms with van der Waals surface area (Å²) >= 11 is 5.20. The van der Waals surface area contributed by atoms with Gasteiger partial charge in [0.25, 0.3) is 0 Å². The van der Waals surface area contributed by atoms with Crippen molar-refractivity contribution in [2.45, 2.75) is 12.8 Å². The quantitative estimate of drug-likeness (QED) is 0.635. The van der Waals surface area contributed by atoms with Crippen LogP contribution in [-0.4, -0.2) is 9.81 Å². The second-order valence-electron chi connectivity index (χ2n) is 2.47. The Morgan fingerprint density at radius 2 is 2.45 bits per heavy atom. The highest BCUT2D eigenvalue weighted by Gasteiger charge is 1.99. The highest BCUT2D eigenvalue weighted by molar-refractivity contribution is 6.63. The van der Waals surface area contributed by atoms with E-state index in [1.807, 2.05) is 29.9 Å². The van der Waals surface area contributed by atoms with E-state index in [2.05, 4.69) is 0 Å². The number of hydrogen-bond donors (Lipinski definition) is 0. The average Bonchev–Trinajstić information content (AvgIpc) is 2.31. The zero-order valence-electron chi connectivity index (χ0n) is 6.38. The number of hydrogen-bond acceptors (Lipinski definition) is 1. The van der Waals surface area contributed by atoms with Gasteiger partial charge in [0.15, 0.2) is 0 Å². The van der Waals surface area contributed by atoms with Crippen LogP contribution in [0.25, 0.3) is 0 Å². The Morgan fingerprint density at radius 3 is 2.91 bits per heavy atom. The Bertz CT molecular complexity index is 254. The molecule has 0 saturated carbocycles. The number of aryl methyl sites for hydroxylation is 2. The molecule has 1 heterocycles. The number of carbonyl (C=O) groups excluding carboxylic acids is 1. The predicted octanol–water partition coefficient (Wildman–Crippen LogP) is 1.72. The molecule has 0 amide bonds. The van der Waals surface area contributed by atoms with Gasteiger partial charge >= 0.3 is 0 Å². The Balaban J connectivity index is 2.51. The van der Waals surface area contributed by atoms with Crippen molar-refractivity contribution in [3.8, 4) is 0 Å². The lowest BCUT2D eigenvalue weighted by Crippen LogP contribution is -1.97. The molecule has 11 heavy (non-hydrogen) atoms. The summed E-state index contributed by atoms with van der Waals surface area (Å²) in [5.41, 5.74) is 1.14. The highest BCUT2D eigenvalue weighted by atomic mass is 35.5. The predicted molar refractivity (Wildman–Crippen MR) is 44.6 cm³/mol. The van der Waals surface area contributed by atoms with E-state index in [1.165, 1.54) is 0 Å². The third-order valence-corrected chi connectivity index (χ3v) is 1.82. The van der Waals surface area contributed by atoms with Gasteiger partial charge in [-0.3, -0.25) is 4.79 Å². The fourth-order valence-electron chi connectivity index (χ4n) is 0.983. The van der Waals surface area contributed by atoms with Crippen LogP contribution in [0.2, 0.25) is 0 Å². The Labute approximate surface area is 70.8 Å². The maximum atomic E-state index is 10.4. The molecule has 3 heteroatoms. The molecule has 0 aliphatic carbocycles. The van der Waals surface area contributed by atoms with E-state index in [-0.39, 0.29) is 5.24 Å². The molecule has 0 unspecified atom stereocenters. The number of rotatable bonds is 3. The van der Waals surface area contributed by atoms with Crippen LogP contribution in [0.15, 0.2) is 18.3 Å². The van der Waals surface area contributed by atoms with Gasteiger partial charge in [-0.1, -0.05) is 0 Å². The van der Waals surface area contributed by atoms with Crippen molar-refractivity contribution in [2.24, 2.45) is 7.05 Å². The minimum Gasteiger partial charge on any atom is -0.354 e. The third kappa shape index (κ3) is 2.39. The van der Waals surface area contributed by atoms with E-state index in [1.54, 1.807) is 0 Å². The third-order valence-electron chi connectivity index (χ3n) is 1.63. The lowest BCUT2D eigenvalue weighted by Gasteiger charge is -1.99. The molecular formula is C8H10ClNO. The van der Waals surface area contributed by atoms with E-state index in [4.69, 9.17) is 11.6 Å². The maximum Gasteiger partial charge on any atom is 0.222 e. The first-order chi connectivity index (χ1) is 5.20. The number of nitrogens with zero attached hydrogens (tertiary/aromatic N) is 1. The summed E-state index contributed by atoms with van der Waals surface area (Å²) in [4.78, 5) is 10.4. The van der Waals surface area contributed by atoms with Crippen molar-refractivity contribution in [1.29, 1.82) is 0 Å². The number of carbonyl (C=O) groups is 1. The van der Waals surface area contributed by atoms with Crippen molar-refractivity contribution in [2.75, 3.05) is 0 Å². The summed E-state index contributed by atoms with van der Waals surface area (Å²) in [5.74, 6) is 0. The zero-order chi connectivity index (χ0) is 8.27. The minimum atomic E-state index is -0.272. The number of halogens is 1. The van der Waals surface area contributed by atoms with Crippen LogP contribution in [0.5, 0.6) is 0 Å². The molecule has 1 rings (SSSR count). The fraction of sp³-hybridized carbons (Fsp3) is 0.375. The molecule has 2 nitrogen and oxygen atoms in total. The summed E-state index contributed by atoms with van der Waals surface area (Å²) in [5, 5.41) is -0.272. The van der Waals surface area contributed by atoms with Gasteiger partial charge in [-0.2, -0.15) is 0 Å². The van der Waals surface area contributed by atoms with Gasteiger partial charge in [0, 0.05) is 25.4 Å². The second-order valence-corrected chi connectivity index (χ2v) is 2.89. The number of aromatic nitrogens is 1. The van der Waals surface area contributed by atoms with Crippen molar-refractivity contribution >= 4 is 16.8 Å².